The SMILES string of the molecule is CN(C)/N=C/C1(C)Cc2cc(NS(=O)(=O)c3ccccc3)c3ccccc3c2O1. The van der Waals surface area contributed by atoms with Gasteiger partial charge in [0.2, 0.25) is 0 Å². The van der Waals surface area contributed by atoms with E-state index in [-0.39, 0.29) is 4.90 Å². The van der Waals surface area contributed by atoms with Crippen molar-refractivity contribution in [3.63, 3.8) is 0 Å². The highest BCUT2D eigenvalue weighted by Crippen LogP contribution is 2.43. The Morgan fingerprint density at radius 3 is 2.41 bits per heavy atom. The van der Waals surface area contributed by atoms with Crippen molar-refractivity contribution < 1.29 is 13.2 Å². The van der Waals surface area contributed by atoms with Crippen LogP contribution in [-0.4, -0.2) is 39.3 Å². The van der Waals surface area contributed by atoms with Crippen LogP contribution in [-0.2, 0) is 16.4 Å². The molecule has 1 aliphatic rings. The van der Waals surface area contributed by atoms with E-state index in [9.17, 15) is 8.42 Å². The Morgan fingerprint density at radius 1 is 1.07 bits per heavy atom. The molecule has 150 valence electrons. The van der Waals surface area contributed by atoms with Gasteiger partial charge in [-0.1, -0.05) is 42.5 Å². The summed E-state index contributed by atoms with van der Waals surface area (Å²) < 4.78 is 34.8. The zero-order valence-corrected chi connectivity index (χ0v) is 17.4. The fraction of sp³-hybridized carbons (Fsp3) is 0.227. The largest absolute Gasteiger partial charge is 0.481 e. The van der Waals surface area contributed by atoms with Gasteiger partial charge >= 0.3 is 0 Å². The van der Waals surface area contributed by atoms with E-state index in [1.54, 1.807) is 41.6 Å². The van der Waals surface area contributed by atoms with Gasteiger partial charge in [0, 0.05) is 36.9 Å². The molecule has 0 bridgehead atoms. The Hall–Kier alpha value is -3.06. The molecule has 0 aromatic heterocycles. The third kappa shape index (κ3) is 3.78. The van der Waals surface area contributed by atoms with Crippen LogP contribution in [0, 0.1) is 0 Å². The summed E-state index contributed by atoms with van der Waals surface area (Å²) in [5.41, 5.74) is 0.898. The van der Waals surface area contributed by atoms with Crippen molar-refractivity contribution >= 4 is 32.7 Å². The molecular formula is C22H23N3O3S. The minimum absolute atomic E-state index is 0.226. The summed E-state index contributed by atoms with van der Waals surface area (Å²) in [6.45, 7) is 1.97. The maximum absolute atomic E-state index is 12.9. The van der Waals surface area contributed by atoms with Crippen LogP contribution in [0.15, 0.2) is 70.7 Å². The Balaban J connectivity index is 1.78. The number of hydrazone groups is 1. The number of sulfonamides is 1. The van der Waals surface area contributed by atoms with Crippen molar-refractivity contribution in [3.05, 3.63) is 66.2 Å². The van der Waals surface area contributed by atoms with Gasteiger partial charge in [-0.25, -0.2) is 8.42 Å². The van der Waals surface area contributed by atoms with Crippen LogP contribution < -0.4 is 9.46 Å². The standard InChI is InChI=1S/C22H23N3O3S/c1-22(15-23-25(2)3)14-16-13-20(18-11-7-8-12-19(18)21(16)28-22)24-29(26,27)17-9-5-4-6-10-17/h4-13,15,24H,14H2,1-3H3/b23-15+. The van der Waals surface area contributed by atoms with Gasteiger partial charge in [0.1, 0.15) is 11.4 Å². The molecule has 0 fully saturated rings. The van der Waals surface area contributed by atoms with Crippen LogP contribution in [0.1, 0.15) is 12.5 Å². The first kappa shape index (κ1) is 19.3. The molecular weight excluding hydrogens is 386 g/mol. The van der Waals surface area contributed by atoms with Gasteiger partial charge < -0.3 is 9.75 Å². The minimum Gasteiger partial charge on any atom is -0.481 e. The third-order valence-corrected chi connectivity index (χ3v) is 6.19. The zero-order valence-electron chi connectivity index (χ0n) is 16.6. The molecule has 1 aliphatic heterocycles. The first-order valence-electron chi connectivity index (χ1n) is 9.31. The summed E-state index contributed by atoms with van der Waals surface area (Å²) in [6, 6.07) is 17.9. The van der Waals surface area contributed by atoms with E-state index >= 15 is 0 Å². The Labute approximate surface area is 170 Å². The summed E-state index contributed by atoms with van der Waals surface area (Å²) in [5.74, 6) is 0.774. The molecule has 0 saturated carbocycles. The Kier molecular flexibility index (Phi) is 4.70. The summed E-state index contributed by atoms with van der Waals surface area (Å²) >= 11 is 0. The predicted molar refractivity (Wildman–Crippen MR) is 116 cm³/mol. The van der Waals surface area contributed by atoms with Crippen LogP contribution >= 0.6 is 0 Å². The van der Waals surface area contributed by atoms with Crippen molar-refractivity contribution in [1.29, 1.82) is 0 Å². The van der Waals surface area contributed by atoms with E-state index in [0.29, 0.717) is 12.1 Å². The second-order valence-corrected chi connectivity index (χ2v) is 9.24. The average molecular weight is 410 g/mol. The first-order valence-corrected chi connectivity index (χ1v) is 10.8. The van der Waals surface area contributed by atoms with Crippen LogP contribution in [0.25, 0.3) is 10.8 Å². The number of hydrogen-bond donors (Lipinski definition) is 1. The number of anilines is 1. The van der Waals surface area contributed by atoms with Gasteiger partial charge in [-0.2, -0.15) is 5.10 Å². The van der Waals surface area contributed by atoms with E-state index in [1.807, 2.05) is 51.4 Å². The lowest BCUT2D eigenvalue weighted by molar-refractivity contribution is 0.197. The topological polar surface area (TPSA) is 71.0 Å². The van der Waals surface area contributed by atoms with Crippen molar-refractivity contribution in [2.45, 2.75) is 23.8 Å². The molecule has 3 aromatic carbocycles. The van der Waals surface area contributed by atoms with Gasteiger partial charge in [-0.3, -0.25) is 4.72 Å². The molecule has 29 heavy (non-hydrogen) atoms. The molecule has 1 heterocycles. The maximum Gasteiger partial charge on any atom is 0.261 e. The molecule has 0 saturated heterocycles. The van der Waals surface area contributed by atoms with Gasteiger partial charge in [0.15, 0.2) is 0 Å². The van der Waals surface area contributed by atoms with E-state index in [4.69, 9.17) is 4.74 Å². The van der Waals surface area contributed by atoms with Crippen molar-refractivity contribution in [3.8, 4) is 5.75 Å². The number of ether oxygens (including phenoxy) is 1. The lowest BCUT2D eigenvalue weighted by atomic mass is 9.98. The van der Waals surface area contributed by atoms with Crippen molar-refractivity contribution in [2.24, 2.45) is 5.10 Å². The number of rotatable bonds is 5. The molecule has 0 spiro atoms. The molecule has 4 rings (SSSR count). The number of nitrogens with one attached hydrogen (secondary N) is 1. The number of hydrogen-bond acceptors (Lipinski definition) is 5. The van der Waals surface area contributed by atoms with Crippen LogP contribution in [0.2, 0.25) is 0 Å². The highest BCUT2D eigenvalue weighted by Gasteiger charge is 2.35. The maximum atomic E-state index is 12.9. The fourth-order valence-electron chi connectivity index (χ4n) is 3.50. The van der Waals surface area contributed by atoms with E-state index < -0.39 is 15.6 Å². The lowest BCUT2D eigenvalue weighted by Crippen LogP contribution is -2.32. The average Bonchev–Trinajstić information content (AvgIpc) is 3.04. The highest BCUT2D eigenvalue weighted by atomic mass is 32.2. The smallest absolute Gasteiger partial charge is 0.261 e. The van der Waals surface area contributed by atoms with Gasteiger partial charge in [-0.05, 0) is 25.1 Å². The summed E-state index contributed by atoms with van der Waals surface area (Å²) in [4.78, 5) is 0.226. The van der Waals surface area contributed by atoms with E-state index in [0.717, 1.165) is 22.1 Å². The summed E-state index contributed by atoms with van der Waals surface area (Å²) in [5, 5.41) is 7.72. The zero-order chi connectivity index (χ0) is 20.6. The first-order chi connectivity index (χ1) is 13.8. The van der Waals surface area contributed by atoms with Gasteiger partial charge in [0.05, 0.1) is 16.8 Å². The quantitative estimate of drug-likeness (QED) is 0.513. The fourth-order valence-corrected chi connectivity index (χ4v) is 4.59. The lowest BCUT2D eigenvalue weighted by Gasteiger charge is -2.19. The monoisotopic (exact) mass is 409 g/mol. The van der Waals surface area contributed by atoms with E-state index in [2.05, 4.69) is 9.82 Å². The minimum atomic E-state index is -3.70. The highest BCUT2D eigenvalue weighted by molar-refractivity contribution is 7.92. The molecule has 6 nitrogen and oxygen atoms in total. The molecule has 3 aromatic rings. The Bertz CT molecular complexity index is 1190. The van der Waals surface area contributed by atoms with Crippen LogP contribution in [0.3, 0.4) is 0 Å². The molecule has 0 radical (unpaired) electrons. The summed E-state index contributed by atoms with van der Waals surface area (Å²) in [7, 11) is 0.0137. The number of fused-ring (bicyclic) bond motifs is 3. The van der Waals surface area contributed by atoms with Gasteiger partial charge in [0.25, 0.3) is 10.0 Å². The van der Waals surface area contributed by atoms with E-state index in [1.165, 1.54) is 0 Å². The third-order valence-electron chi connectivity index (χ3n) is 4.81. The number of nitrogens with zero attached hydrogens (tertiary/aromatic N) is 2. The predicted octanol–water partition coefficient (Wildman–Crippen LogP) is 3.88. The van der Waals surface area contributed by atoms with Crippen molar-refractivity contribution in [2.75, 3.05) is 18.8 Å². The normalized spacial score (nSPS) is 18.6. The second kappa shape index (κ2) is 7.08. The van der Waals surface area contributed by atoms with Crippen molar-refractivity contribution in [1.82, 2.24) is 5.01 Å². The molecule has 7 heteroatoms. The Morgan fingerprint density at radius 2 is 1.72 bits per heavy atom. The molecule has 1 N–H and O–H groups in total. The van der Waals surface area contributed by atoms with Gasteiger partial charge in [-0.15, -0.1) is 0 Å². The number of benzene rings is 3. The molecule has 0 amide bonds. The molecule has 1 atom stereocenters. The van der Waals surface area contributed by atoms with Crippen LogP contribution in [0.5, 0.6) is 5.75 Å². The second-order valence-electron chi connectivity index (χ2n) is 7.56. The van der Waals surface area contributed by atoms with Crippen LogP contribution in [0.4, 0.5) is 5.69 Å². The summed E-state index contributed by atoms with van der Waals surface area (Å²) in [6.07, 6.45) is 2.39. The molecule has 1 unspecified atom stereocenters. The molecule has 0 aliphatic carbocycles.